The summed E-state index contributed by atoms with van der Waals surface area (Å²) in [4.78, 5) is 0. The summed E-state index contributed by atoms with van der Waals surface area (Å²) < 4.78 is 0. The van der Waals surface area contributed by atoms with E-state index in [0.717, 1.165) is 11.0 Å². The highest BCUT2D eigenvalue weighted by molar-refractivity contribution is 6.80. The topological polar surface area (TPSA) is 0 Å². The van der Waals surface area contributed by atoms with Crippen LogP contribution < -0.4 is 5.19 Å². The van der Waals surface area contributed by atoms with Gasteiger partial charge in [-0.25, -0.2) is 0 Å². The van der Waals surface area contributed by atoms with E-state index < -0.39 is 8.80 Å². The van der Waals surface area contributed by atoms with E-state index in [-0.39, 0.29) is 0 Å². The van der Waals surface area contributed by atoms with E-state index in [2.05, 4.69) is 45.9 Å². The van der Waals surface area contributed by atoms with Gasteiger partial charge in [0.1, 0.15) is 0 Å². The van der Waals surface area contributed by atoms with Gasteiger partial charge in [0.2, 0.25) is 0 Å². The van der Waals surface area contributed by atoms with Crippen LogP contribution in [-0.2, 0) is 0 Å². The van der Waals surface area contributed by atoms with Gasteiger partial charge in [0, 0.05) is 5.50 Å². The first-order valence-corrected chi connectivity index (χ1v) is 7.78. The standard InChI is InChI=1S/C12H19ClSi/c1-9(2)14(8-13)12-6-10(3)5-11(4)7-12/h5-7,9,14H,8H2,1-4H3. The van der Waals surface area contributed by atoms with E-state index in [9.17, 15) is 0 Å². The first-order chi connectivity index (χ1) is 6.54. The van der Waals surface area contributed by atoms with Crippen LogP contribution in [0.25, 0.3) is 0 Å². The molecular weight excluding hydrogens is 208 g/mol. The Balaban J connectivity index is 3.04. The summed E-state index contributed by atoms with van der Waals surface area (Å²) in [7, 11) is -0.935. The number of hydrogen-bond acceptors (Lipinski definition) is 0. The Hall–Kier alpha value is -0.273. The molecule has 0 spiro atoms. The highest BCUT2D eigenvalue weighted by Crippen LogP contribution is 2.11. The van der Waals surface area contributed by atoms with E-state index in [4.69, 9.17) is 11.6 Å². The summed E-state index contributed by atoms with van der Waals surface area (Å²) in [6.45, 7) is 8.90. The molecule has 0 saturated carbocycles. The molecule has 2 heteroatoms. The molecule has 0 aliphatic heterocycles. The third-order valence-electron chi connectivity index (χ3n) is 2.64. The van der Waals surface area contributed by atoms with Gasteiger partial charge in [-0.2, -0.15) is 0 Å². The summed E-state index contributed by atoms with van der Waals surface area (Å²) >= 11 is 6.06. The van der Waals surface area contributed by atoms with Gasteiger partial charge in [-0.1, -0.05) is 48.4 Å². The zero-order chi connectivity index (χ0) is 10.7. The van der Waals surface area contributed by atoms with Crippen LogP contribution >= 0.6 is 11.6 Å². The minimum atomic E-state index is -0.935. The molecule has 0 fully saturated rings. The molecule has 0 radical (unpaired) electrons. The predicted octanol–water partition coefficient (Wildman–Crippen LogP) is 2.93. The molecular formula is C12H19ClSi. The average molecular weight is 227 g/mol. The van der Waals surface area contributed by atoms with Crippen LogP contribution in [0.5, 0.6) is 0 Å². The van der Waals surface area contributed by atoms with Crippen LogP contribution in [0.3, 0.4) is 0 Å². The van der Waals surface area contributed by atoms with Gasteiger partial charge in [-0.3, -0.25) is 0 Å². The third-order valence-corrected chi connectivity index (χ3v) is 6.77. The van der Waals surface area contributed by atoms with Crippen molar-refractivity contribution in [2.24, 2.45) is 0 Å². The number of alkyl halides is 1. The van der Waals surface area contributed by atoms with Crippen molar-refractivity contribution >= 4 is 25.6 Å². The molecule has 0 aliphatic rings. The fraction of sp³-hybridized carbons (Fsp3) is 0.500. The number of rotatable bonds is 3. The second-order valence-electron chi connectivity index (χ2n) is 4.43. The minimum Gasteiger partial charge on any atom is -0.130 e. The van der Waals surface area contributed by atoms with Crippen molar-refractivity contribution in [3.05, 3.63) is 29.3 Å². The van der Waals surface area contributed by atoms with Crippen LogP contribution in [0.15, 0.2) is 18.2 Å². The van der Waals surface area contributed by atoms with Crippen molar-refractivity contribution < 1.29 is 0 Å². The Morgan fingerprint density at radius 3 is 2.00 bits per heavy atom. The summed E-state index contributed by atoms with van der Waals surface area (Å²) in [6, 6.07) is 6.85. The van der Waals surface area contributed by atoms with E-state index >= 15 is 0 Å². The molecule has 1 atom stereocenters. The molecule has 1 unspecified atom stereocenters. The maximum Gasteiger partial charge on any atom is 0.0892 e. The minimum absolute atomic E-state index is 0.744. The molecule has 1 rings (SSSR count). The van der Waals surface area contributed by atoms with Crippen molar-refractivity contribution in [1.29, 1.82) is 0 Å². The Kier molecular flexibility index (Phi) is 4.21. The zero-order valence-electron chi connectivity index (χ0n) is 9.47. The number of hydrogen-bond donors (Lipinski definition) is 0. The Morgan fingerprint density at radius 1 is 1.14 bits per heavy atom. The molecule has 0 amide bonds. The van der Waals surface area contributed by atoms with Crippen molar-refractivity contribution in [1.82, 2.24) is 0 Å². The number of aryl methyl sites for hydroxylation is 2. The lowest BCUT2D eigenvalue weighted by Gasteiger charge is -2.17. The molecule has 0 aliphatic carbocycles. The summed E-state index contributed by atoms with van der Waals surface area (Å²) in [5, 5.41) is 1.52. The molecule has 0 bridgehead atoms. The lowest BCUT2D eigenvalue weighted by atomic mass is 10.2. The molecule has 14 heavy (non-hydrogen) atoms. The first kappa shape index (κ1) is 11.8. The smallest absolute Gasteiger partial charge is 0.0892 e. The molecule has 0 saturated heterocycles. The van der Waals surface area contributed by atoms with Gasteiger partial charge in [0.25, 0.3) is 0 Å². The van der Waals surface area contributed by atoms with Gasteiger partial charge in [0.05, 0.1) is 8.80 Å². The summed E-state index contributed by atoms with van der Waals surface area (Å²) in [5.41, 5.74) is 4.32. The quantitative estimate of drug-likeness (QED) is 0.549. The molecule has 0 nitrogen and oxygen atoms in total. The van der Waals surface area contributed by atoms with E-state index in [1.807, 2.05) is 0 Å². The molecule has 1 aromatic carbocycles. The van der Waals surface area contributed by atoms with Crippen molar-refractivity contribution in [2.45, 2.75) is 33.2 Å². The molecule has 78 valence electrons. The van der Waals surface area contributed by atoms with E-state index in [0.29, 0.717) is 0 Å². The molecule has 0 aromatic heterocycles. The highest BCUT2D eigenvalue weighted by atomic mass is 35.5. The van der Waals surface area contributed by atoms with Crippen molar-refractivity contribution in [2.75, 3.05) is 5.50 Å². The van der Waals surface area contributed by atoms with Crippen LogP contribution in [0.2, 0.25) is 5.54 Å². The van der Waals surface area contributed by atoms with E-state index in [1.54, 1.807) is 0 Å². The molecule has 0 heterocycles. The summed E-state index contributed by atoms with van der Waals surface area (Å²) in [5.74, 6) is 0. The fourth-order valence-electron chi connectivity index (χ4n) is 1.88. The molecule has 1 aromatic rings. The second-order valence-corrected chi connectivity index (χ2v) is 8.87. The first-order valence-electron chi connectivity index (χ1n) is 5.18. The zero-order valence-corrected chi connectivity index (χ0v) is 11.4. The van der Waals surface area contributed by atoms with Gasteiger partial charge in [-0.15, -0.1) is 11.6 Å². The predicted molar refractivity (Wildman–Crippen MR) is 68.5 cm³/mol. The number of benzene rings is 1. The van der Waals surface area contributed by atoms with Crippen molar-refractivity contribution in [3.63, 3.8) is 0 Å². The Labute approximate surface area is 93.9 Å². The van der Waals surface area contributed by atoms with Crippen LogP contribution in [0.4, 0.5) is 0 Å². The van der Waals surface area contributed by atoms with Gasteiger partial charge in [0.15, 0.2) is 0 Å². The summed E-state index contributed by atoms with van der Waals surface area (Å²) in [6.07, 6.45) is 0. The molecule has 0 N–H and O–H groups in total. The Bertz CT molecular complexity index is 287. The third kappa shape index (κ3) is 2.86. The van der Waals surface area contributed by atoms with E-state index in [1.165, 1.54) is 16.3 Å². The normalized spacial score (nSPS) is 13.3. The monoisotopic (exact) mass is 226 g/mol. The maximum atomic E-state index is 6.06. The largest absolute Gasteiger partial charge is 0.130 e. The van der Waals surface area contributed by atoms with Crippen LogP contribution in [0.1, 0.15) is 25.0 Å². The highest BCUT2D eigenvalue weighted by Gasteiger charge is 2.16. The van der Waals surface area contributed by atoms with Crippen LogP contribution in [0, 0.1) is 13.8 Å². The lowest BCUT2D eigenvalue weighted by Crippen LogP contribution is -2.35. The van der Waals surface area contributed by atoms with Gasteiger partial charge in [-0.05, 0) is 19.4 Å². The number of halogens is 1. The van der Waals surface area contributed by atoms with Gasteiger partial charge >= 0.3 is 0 Å². The Morgan fingerprint density at radius 2 is 1.64 bits per heavy atom. The van der Waals surface area contributed by atoms with Gasteiger partial charge < -0.3 is 0 Å². The second kappa shape index (κ2) is 4.99. The maximum absolute atomic E-state index is 6.06. The lowest BCUT2D eigenvalue weighted by molar-refractivity contribution is 1.04. The average Bonchev–Trinajstić information content (AvgIpc) is 2.02. The van der Waals surface area contributed by atoms with Crippen molar-refractivity contribution in [3.8, 4) is 0 Å². The SMILES string of the molecule is Cc1cc(C)cc([SiH](CCl)C(C)C)c1. The van der Waals surface area contributed by atoms with Crippen LogP contribution in [-0.4, -0.2) is 14.3 Å². The fourth-order valence-corrected chi connectivity index (χ4v) is 5.74.